The lowest BCUT2D eigenvalue weighted by molar-refractivity contribution is 0.111. The minimum atomic E-state index is -1.99. The third-order valence-electron chi connectivity index (χ3n) is 10.4. The molecular formula is C48H68N2O4S2Si. The van der Waals surface area contributed by atoms with Gasteiger partial charge in [-0.05, 0) is 117 Å². The van der Waals surface area contributed by atoms with Gasteiger partial charge in [-0.2, -0.15) is 0 Å². The number of hydrogen-bond acceptors (Lipinski definition) is 8. The zero-order valence-corrected chi connectivity index (χ0v) is 38.7. The van der Waals surface area contributed by atoms with Crippen LogP contribution in [0.4, 0.5) is 11.4 Å². The highest BCUT2D eigenvalue weighted by molar-refractivity contribution is 7.14. The third kappa shape index (κ3) is 15.4. The number of aldehydes is 2. The molecule has 2 aromatic heterocycles. The molecule has 0 fully saturated rings. The van der Waals surface area contributed by atoms with Crippen LogP contribution in [-0.4, -0.2) is 52.2 Å². The summed E-state index contributed by atoms with van der Waals surface area (Å²) >= 11 is 2.95. The van der Waals surface area contributed by atoms with Crippen LogP contribution < -0.4 is 14.2 Å². The number of phenols is 1. The van der Waals surface area contributed by atoms with Crippen LogP contribution >= 0.6 is 22.7 Å². The van der Waals surface area contributed by atoms with Crippen molar-refractivity contribution < 1.29 is 19.1 Å². The Labute approximate surface area is 353 Å². The monoisotopic (exact) mass is 828 g/mol. The smallest absolute Gasteiger partial charge is 0.250 e. The molecule has 6 nitrogen and oxygen atoms in total. The van der Waals surface area contributed by atoms with Crippen molar-refractivity contribution in [2.75, 3.05) is 36.0 Å². The maximum absolute atomic E-state index is 11.0. The fraction of sp³-hybridized carbons (Fsp3) is 0.458. The van der Waals surface area contributed by atoms with Crippen LogP contribution in [0.3, 0.4) is 0 Å². The molecule has 2 aromatic carbocycles. The summed E-state index contributed by atoms with van der Waals surface area (Å²) in [6, 6.07) is 20.1. The molecule has 310 valence electrons. The Kier molecular flexibility index (Phi) is 20.1. The third-order valence-corrected chi connectivity index (χ3v) is 16.7. The van der Waals surface area contributed by atoms with Crippen LogP contribution in [0, 0.1) is 0 Å². The van der Waals surface area contributed by atoms with Gasteiger partial charge in [0.1, 0.15) is 11.5 Å². The van der Waals surface area contributed by atoms with E-state index in [1.54, 1.807) is 6.07 Å². The number of hydrogen-bond donors (Lipinski definition) is 1. The van der Waals surface area contributed by atoms with E-state index in [0.717, 1.165) is 88.8 Å². The summed E-state index contributed by atoms with van der Waals surface area (Å²) in [4.78, 5) is 30.2. The molecule has 0 spiro atoms. The van der Waals surface area contributed by atoms with Crippen molar-refractivity contribution in [1.82, 2.24) is 0 Å². The van der Waals surface area contributed by atoms with E-state index >= 15 is 0 Å². The van der Waals surface area contributed by atoms with Crippen molar-refractivity contribution >= 4 is 79.2 Å². The van der Waals surface area contributed by atoms with Gasteiger partial charge in [0.05, 0.1) is 9.75 Å². The number of rotatable bonds is 22. The van der Waals surface area contributed by atoms with Crippen LogP contribution in [0.5, 0.6) is 11.5 Å². The summed E-state index contributed by atoms with van der Waals surface area (Å²) in [5.74, 6) is 1.26. The first-order chi connectivity index (χ1) is 27.3. The molecule has 4 aromatic rings. The first-order valence-corrected chi connectivity index (χ1v) is 25.4. The van der Waals surface area contributed by atoms with Gasteiger partial charge in [-0.15, -0.1) is 22.7 Å². The summed E-state index contributed by atoms with van der Waals surface area (Å²) in [6.45, 7) is 24.5. The Morgan fingerprint density at radius 3 is 1.39 bits per heavy atom. The Morgan fingerprint density at radius 2 is 1.00 bits per heavy atom. The van der Waals surface area contributed by atoms with Gasteiger partial charge in [0.15, 0.2) is 12.6 Å². The maximum Gasteiger partial charge on any atom is 0.250 e. The fourth-order valence-corrected chi connectivity index (χ4v) is 8.26. The molecule has 0 amide bonds. The second-order valence-electron chi connectivity index (χ2n) is 16.1. The van der Waals surface area contributed by atoms with Gasteiger partial charge in [-0.3, -0.25) is 9.59 Å². The van der Waals surface area contributed by atoms with E-state index in [1.165, 1.54) is 66.9 Å². The van der Waals surface area contributed by atoms with Crippen molar-refractivity contribution in [3.63, 3.8) is 0 Å². The Hall–Kier alpha value is -3.92. The summed E-state index contributed by atoms with van der Waals surface area (Å²) < 4.78 is 6.82. The largest absolute Gasteiger partial charge is 0.543 e. The minimum Gasteiger partial charge on any atom is -0.543 e. The molecular weight excluding hydrogens is 761 g/mol. The van der Waals surface area contributed by atoms with Gasteiger partial charge >= 0.3 is 0 Å². The summed E-state index contributed by atoms with van der Waals surface area (Å²) in [7, 11) is -1.99. The number of phenolic OH excluding ortho intramolecular Hbond substituents is 1. The molecule has 1 N–H and O–H groups in total. The normalized spacial score (nSPS) is 11.8. The van der Waals surface area contributed by atoms with E-state index < -0.39 is 8.32 Å². The quantitative estimate of drug-likeness (QED) is 0.0628. The van der Waals surface area contributed by atoms with Crippen molar-refractivity contribution in [3.05, 3.63) is 91.3 Å². The molecule has 2 heterocycles. The van der Waals surface area contributed by atoms with Crippen molar-refractivity contribution in [1.29, 1.82) is 0 Å². The highest BCUT2D eigenvalue weighted by Gasteiger charge is 2.39. The second kappa shape index (κ2) is 24.1. The van der Waals surface area contributed by atoms with E-state index in [9.17, 15) is 14.7 Å². The molecule has 57 heavy (non-hydrogen) atoms. The average Bonchev–Trinajstić information content (AvgIpc) is 3.86. The SMILES string of the molecule is CCCCN(CCCC)c1ccc(/C=C/c2ccc(C=O)s2)c(O)c1.CCCCN(CCCC)c1ccc(/C=C/c2ccc(C=O)s2)c(O[Si](C)(C)C(C)(C)C)c1. The van der Waals surface area contributed by atoms with Gasteiger partial charge in [0.2, 0.25) is 0 Å². The van der Waals surface area contributed by atoms with E-state index in [2.05, 4.69) is 108 Å². The van der Waals surface area contributed by atoms with Crippen molar-refractivity contribution in [2.24, 2.45) is 0 Å². The van der Waals surface area contributed by atoms with Crippen molar-refractivity contribution in [3.8, 4) is 11.5 Å². The molecule has 0 radical (unpaired) electrons. The van der Waals surface area contributed by atoms with Crippen LogP contribution in [0.25, 0.3) is 24.3 Å². The number of unbranched alkanes of at least 4 members (excludes halogenated alkanes) is 4. The van der Waals surface area contributed by atoms with E-state index in [0.29, 0.717) is 10.6 Å². The number of carbonyl (C=O) groups is 2. The highest BCUT2D eigenvalue weighted by Crippen LogP contribution is 2.40. The predicted molar refractivity (Wildman–Crippen MR) is 254 cm³/mol. The number of aromatic hydroxyl groups is 1. The summed E-state index contributed by atoms with van der Waals surface area (Å²) in [5, 5.41) is 10.5. The van der Waals surface area contributed by atoms with Crippen LogP contribution in [-0.2, 0) is 0 Å². The molecule has 0 bridgehead atoms. The predicted octanol–water partition coefficient (Wildman–Crippen LogP) is 14.4. The zero-order valence-electron chi connectivity index (χ0n) is 36.1. The first-order valence-electron chi connectivity index (χ1n) is 20.9. The molecule has 9 heteroatoms. The standard InChI is InChI=1S/C27H41NO2SSi.C21H27NO2S/c1-8-10-18-28(19-11-9-2)23-14-12-22(13-15-24-16-17-25(21-29)31-24)26(20-23)30-32(6,7)27(3,4)5;1-3-5-13-22(14-6-4-2)18-9-7-17(21(24)15-18)8-10-19-11-12-20(16-23)25-19/h12-17,20-21H,8-11,18-19H2,1-7H3;7-12,15-16,24H,3-6,13-14H2,1-2H3/b15-13+;10-8+. The van der Waals surface area contributed by atoms with Gasteiger partial charge < -0.3 is 19.3 Å². The van der Waals surface area contributed by atoms with Gasteiger partial charge in [-0.25, -0.2) is 0 Å². The Balaban J connectivity index is 0.000000315. The summed E-state index contributed by atoms with van der Waals surface area (Å²) in [5.41, 5.74) is 4.20. The minimum absolute atomic E-state index is 0.126. The Bertz CT molecular complexity index is 1850. The number of nitrogens with zero attached hydrogens (tertiary/aromatic N) is 2. The lowest BCUT2D eigenvalue weighted by Crippen LogP contribution is -2.44. The number of carbonyl (C=O) groups excluding carboxylic acids is 2. The molecule has 0 saturated heterocycles. The van der Waals surface area contributed by atoms with Crippen molar-refractivity contribution in [2.45, 2.75) is 118 Å². The summed E-state index contributed by atoms with van der Waals surface area (Å²) in [6.07, 6.45) is 19.2. The fourth-order valence-electron chi connectivity index (χ4n) is 5.77. The van der Waals surface area contributed by atoms with Crippen LogP contribution in [0.1, 0.15) is 140 Å². The Morgan fingerprint density at radius 1 is 0.596 bits per heavy atom. The van der Waals surface area contributed by atoms with Gasteiger partial charge in [-0.1, -0.05) is 74.1 Å². The van der Waals surface area contributed by atoms with Gasteiger partial charge in [0, 0.05) is 70.6 Å². The van der Waals surface area contributed by atoms with Crippen LogP contribution in [0.2, 0.25) is 18.1 Å². The number of anilines is 2. The molecule has 0 aliphatic carbocycles. The topological polar surface area (TPSA) is 70.1 Å². The number of thiophene rings is 2. The maximum atomic E-state index is 11.0. The van der Waals surface area contributed by atoms with Crippen LogP contribution in [0.15, 0.2) is 60.7 Å². The van der Waals surface area contributed by atoms with E-state index in [4.69, 9.17) is 4.43 Å². The zero-order chi connectivity index (χ0) is 41.8. The first kappa shape index (κ1) is 47.5. The molecule has 0 aliphatic rings. The lowest BCUT2D eigenvalue weighted by Gasteiger charge is -2.37. The van der Waals surface area contributed by atoms with E-state index in [-0.39, 0.29) is 5.04 Å². The van der Waals surface area contributed by atoms with Gasteiger partial charge in [0.25, 0.3) is 8.32 Å². The van der Waals surface area contributed by atoms with E-state index in [1.807, 2.05) is 42.5 Å². The average molecular weight is 829 g/mol. The molecule has 4 rings (SSSR count). The number of benzene rings is 2. The second-order valence-corrected chi connectivity index (χ2v) is 23.1. The molecule has 0 saturated carbocycles. The highest BCUT2D eigenvalue weighted by atomic mass is 32.1. The lowest BCUT2D eigenvalue weighted by atomic mass is 10.1. The molecule has 0 aliphatic heterocycles. The molecule has 0 atom stereocenters. The molecule has 0 unspecified atom stereocenters.